The molecule has 0 amide bonds. The topological polar surface area (TPSA) is 26.0 Å². The Labute approximate surface area is 64.9 Å². The van der Waals surface area contributed by atoms with E-state index < -0.39 is 0 Å². The Kier molecular flexibility index (Phi) is 1.51. The summed E-state index contributed by atoms with van der Waals surface area (Å²) in [6.07, 6.45) is 2.76. The molecule has 0 unspecified atom stereocenters. The highest BCUT2D eigenvalue weighted by Gasteiger charge is 2.25. The molecule has 2 N–H and O–H groups in total. The fourth-order valence-electron chi connectivity index (χ4n) is 1.27. The van der Waals surface area contributed by atoms with Crippen molar-refractivity contribution in [1.82, 2.24) is 0 Å². The molecule has 0 radical (unpaired) electrons. The van der Waals surface area contributed by atoms with E-state index in [0.717, 1.165) is 12.5 Å². The van der Waals surface area contributed by atoms with Crippen LogP contribution in [0, 0.1) is 0 Å². The van der Waals surface area contributed by atoms with Gasteiger partial charge in [-0.05, 0) is 35.8 Å². The van der Waals surface area contributed by atoms with Crippen LogP contribution in [0.25, 0.3) is 0 Å². The van der Waals surface area contributed by atoms with Crippen LogP contribution in [0.2, 0.25) is 0 Å². The van der Waals surface area contributed by atoms with Gasteiger partial charge in [0.1, 0.15) is 0 Å². The molecule has 1 aromatic heterocycles. The van der Waals surface area contributed by atoms with Crippen LogP contribution in [0.3, 0.4) is 0 Å². The second-order valence-corrected chi connectivity index (χ2v) is 3.78. The highest BCUT2D eigenvalue weighted by atomic mass is 32.1. The largest absolute Gasteiger partial charge is 0.326 e. The Morgan fingerprint density at radius 2 is 2.40 bits per heavy atom. The molecule has 0 atom stereocenters. The SMILES string of the molecule is NCc1sccc1C1CC1. The predicted molar refractivity (Wildman–Crippen MR) is 44.2 cm³/mol. The summed E-state index contributed by atoms with van der Waals surface area (Å²) in [5.74, 6) is 0.866. The third kappa shape index (κ3) is 0.976. The zero-order valence-electron chi connectivity index (χ0n) is 5.84. The van der Waals surface area contributed by atoms with Gasteiger partial charge in [0, 0.05) is 11.4 Å². The normalized spacial score (nSPS) is 17.7. The summed E-state index contributed by atoms with van der Waals surface area (Å²) >= 11 is 1.79. The van der Waals surface area contributed by atoms with Crippen molar-refractivity contribution in [3.8, 4) is 0 Å². The van der Waals surface area contributed by atoms with Gasteiger partial charge in [-0.1, -0.05) is 0 Å². The molecule has 54 valence electrons. The second-order valence-electron chi connectivity index (χ2n) is 2.78. The Bertz CT molecular complexity index is 225. The molecule has 1 nitrogen and oxygen atoms in total. The fraction of sp³-hybridized carbons (Fsp3) is 0.500. The van der Waals surface area contributed by atoms with Gasteiger partial charge in [0.25, 0.3) is 0 Å². The Hall–Kier alpha value is -0.340. The third-order valence-electron chi connectivity index (χ3n) is 1.98. The van der Waals surface area contributed by atoms with Crippen molar-refractivity contribution < 1.29 is 0 Å². The Morgan fingerprint density at radius 1 is 1.60 bits per heavy atom. The van der Waals surface area contributed by atoms with Crippen molar-refractivity contribution in [2.45, 2.75) is 25.3 Å². The van der Waals surface area contributed by atoms with Gasteiger partial charge in [0.05, 0.1) is 0 Å². The Balaban J connectivity index is 2.28. The van der Waals surface area contributed by atoms with E-state index in [1.807, 2.05) is 0 Å². The van der Waals surface area contributed by atoms with E-state index >= 15 is 0 Å². The minimum Gasteiger partial charge on any atom is -0.326 e. The summed E-state index contributed by atoms with van der Waals surface area (Å²) in [6, 6.07) is 2.23. The van der Waals surface area contributed by atoms with Gasteiger partial charge < -0.3 is 5.73 Å². The van der Waals surface area contributed by atoms with Gasteiger partial charge in [0.15, 0.2) is 0 Å². The maximum absolute atomic E-state index is 5.57. The zero-order chi connectivity index (χ0) is 6.97. The van der Waals surface area contributed by atoms with Crippen molar-refractivity contribution in [2.75, 3.05) is 0 Å². The quantitative estimate of drug-likeness (QED) is 0.691. The Morgan fingerprint density at radius 3 is 3.00 bits per heavy atom. The molecule has 0 spiro atoms. The predicted octanol–water partition coefficient (Wildman–Crippen LogP) is 2.08. The van der Waals surface area contributed by atoms with E-state index in [9.17, 15) is 0 Å². The first-order valence-corrected chi connectivity index (χ1v) is 4.56. The van der Waals surface area contributed by atoms with Gasteiger partial charge in [-0.25, -0.2) is 0 Å². The molecule has 0 aromatic carbocycles. The minimum absolute atomic E-state index is 0.726. The average molecular weight is 153 g/mol. The molecular weight excluding hydrogens is 142 g/mol. The monoisotopic (exact) mass is 153 g/mol. The van der Waals surface area contributed by atoms with E-state index in [1.54, 1.807) is 11.3 Å². The van der Waals surface area contributed by atoms with E-state index in [-0.39, 0.29) is 0 Å². The third-order valence-corrected chi connectivity index (χ3v) is 2.94. The number of nitrogens with two attached hydrogens (primary N) is 1. The summed E-state index contributed by atoms with van der Waals surface area (Å²) < 4.78 is 0. The summed E-state index contributed by atoms with van der Waals surface area (Å²) in [7, 11) is 0. The van der Waals surface area contributed by atoms with Crippen LogP contribution >= 0.6 is 11.3 Å². The first-order valence-electron chi connectivity index (χ1n) is 3.68. The summed E-state index contributed by atoms with van der Waals surface area (Å²) in [5, 5.41) is 2.15. The summed E-state index contributed by atoms with van der Waals surface area (Å²) in [4.78, 5) is 1.39. The van der Waals surface area contributed by atoms with Gasteiger partial charge in [-0.15, -0.1) is 11.3 Å². The van der Waals surface area contributed by atoms with Gasteiger partial charge in [-0.3, -0.25) is 0 Å². The molecule has 1 aliphatic rings. The lowest BCUT2D eigenvalue weighted by molar-refractivity contribution is 1.03. The number of hydrogen-bond acceptors (Lipinski definition) is 2. The van der Waals surface area contributed by atoms with Crippen LogP contribution < -0.4 is 5.73 Å². The lowest BCUT2D eigenvalue weighted by atomic mass is 10.2. The molecule has 1 heterocycles. The molecule has 1 aliphatic carbocycles. The smallest absolute Gasteiger partial charge is 0.0276 e. The maximum atomic E-state index is 5.57. The van der Waals surface area contributed by atoms with Crippen LogP contribution in [-0.2, 0) is 6.54 Å². The van der Waals surface area contributed by atoms with Crippen LogP contribution in [0.1, 0.15) is 29.2 Å². The van der Waals surface area contributed by atoms with Crippen molar-refractivity contribution in [3.63, 3.8) is 0 Å². The van der Waals surface area contributed by atoms with Gasteiger partial charge in [-0.2, -0.15) is 0 Å². The van der Waals surface area contributed by atoms with Crippen molar-refractivity contribution in [1.29, 1.82) is 0 Å². The highest BCUT2D eigenvalue weighted by molar-refractivity contribution is 7.10. The summed E-state index contributed by atoms with van der Waals surface area (Å²) in [6.45, 7) is 0.726. The first-order chi connectivity index (χ1) is 4.92. The molecule has 10 heavy (non-hydrogen) atoms. The van der Waals surface area contributed by atoms with Crippen LogP contribution in [0.4, 0.5) is 0 Å². The van der Waals surface area contributed by atoms with E-state index in [0.29, 0.717) is 0 Å². The highest BCUT2D eigenvalue weighted by Crippen LogP contribution is 2.42. The van der Waals surface area contributed by atoms with Gasteiger partial charge in [0.2, 0.25) is 0 Å². The molecular formula is C8H11NS. The van der Waals surface area contributed by atoms with Crippen LogP contribution in [0.15, 0.2) is 11.4 Å². The average Bonchev–Trinajstić information content (AvgIpc) is 2.69. The zero-order valence-corrected chi connectivity index (χ0v) is 6.66. The van der Waals surface area contributed by atoms with Crippen molar-refractivity contribution in [3.05, 3.63) is 21.9 Å². The summed E-state index contributed by atoms with van der Waals surface area (Å²) in [5.41, 5.74) is 7.09. The van der Waals surface area contributed by atoms with Gasteiger partial charge >= 0.3 is 0 Å². The van der Waals surface area contributed by atoms with E-state index in [4.69, 9.17) is 5.73 Å². The fourth-order valence-corrected chi connectivity index (χ4v) is 2.12. The molecule has 0 aliphatic heterocycles. The van der Waals surface area contributed by atoms with Crippen molar-refractivity contribution in [2.24, 2.45) is 5.73 Å². The molecule has 1 fully saturated rings. The van der Waals surface area contributed by atoms with Crippen molar-refractivity contribution >= 4 is 11.3 Å². The molecule has 1 saturated carbocycles. The van der Waals surface area contributed by atoms with Crippen LogP contribution in [0.5, 0.6) is 0 Å². The molecule has 0 bridgehead atoms. The maximum Gasteiger partial charge on any atom is 0.0276 e. The molecule has 0 saturated heterocycles. The van der Waals surface area contributed by atoms with E-state index in [1.165, 1.54) is 23.3 Å². The molecule has 2 rings (SSSR count). The first kappa shape index (κ1) is 6.38. The van der Waals surface area contributed by atoms with E-state index in [2.05, 4.69) is 11.4 Å². The second kappa shape index (κ2) is 2.36. The lowest BCUT2D eigenvalue weighted by Crippen LogP contribution is -1.95. The molecule has 2 heteroatoms. The standard InChI is InChI=1S/C8H11NS/c9-5-8-7(3-4-10-8)6-1-2-6/h3-4,6H,1-2,5,9H2. The number of rotatable bonds is 2. The van der Waals surface area contributed by atoms with Crippen LogP contribution in [-0.4, -0.2) is 0 Å². The lowest BCUT2D eigenvalue weighted by Gasteiger charge is -1.95. The minimum atomic E-state index is 0.726. The number of hydrogen-bond donors (Lipinski definition) is 1. The number of thiophene rings is 1. The molecule has 1 aromatic rings.